The van der Waals surface area contributed by atoms with Gasteiger partial charge in [-0.3, -0.25) is 0 Å². The van der Waals surface area contributed by atoms with Crippen LogP contribution in [0.2, 0.25) is 0 Å². The number of nitrogens with two attached hydrogens (primary N) is 1. The van der Waals surface area contributed by atoms with Gasteiger partial charge in [-0.1, -0.05) is 23.0 Å². The number of hydrogen-bond acceptors (Lipinski definition) is 5. The van der Waals surface area contributed by atoms with Gasteiger partial charge in [-0.25, -0.2) is 0 Å². The van der Waals surface area contributed by atoms with Crippen molar-refractivity contribution in [2.75, 3.05) is 24.7 Å². The number of aromatic nitrogens is 2. The molecule has 0 aliphatic carbocycles. The van der Waals surface area contributed by atoms with Crippen LogP contribution in [0.5, 0.6) is 0 Å². The van der Waals surface area contributed by atoms with Gasteiger partial charge in [0.15, 0.2) is 5.01 Å². The Morgan fingerprint density at radius 2 is 2.00 bits per heavy atom. The van der Waals surface area contributed by atoms with E-state index in [2.05, 4.69) is 10.2 Å². The summed E-state index contributed by atoms with van der Waals surface area (Å²) in [6, 6.07) is 5.93. The normalized spacial score (nSPS) is 10.4. The molecule has 2 N–H and O–H groups in total. The number of hydrogen-bond donors (Lipinski definition) is 1. The van der Waals surface area contributed by atoms with Gasteiger partial charge >= 0.3 is 0 Å². The Morgan fingerprint density at radius 3 is 2.62 bits per heavy atom. The minimum absolute atomic E-state index is 0.743. The quantitative estimate of drug-likeness (QED) is 0.809. The third kappa shape index (κ3) is 1.99. The van der Waals surface area contributed by atoms with E-state index in [4.69, 9.17) is 5.73 Å². The van der Waals surface area contributed by atoms with E-state index in [1.54, 1.807) is 11.3 Å². The Labute approximate surface area is 98.7 Å². The Bertz CT molecular complexity index is 504. The summed E-state index contributed by atoms with van der Waals surface area (Å²) < 4.78 is 0. The van der Waals surface area contributed by atoms with Crippen molar-refractivity contribution in [3.63, 3.8) is 0 Å². The van der Waals surface area contributed by atoms with Crippen molar-refractivity contribution in [1.82, 2.24) is 10.2 Å². The fourth-order valence-electron chi connectivity index (χ4n) is 1.36. The molecule has 0 fully saturated rings. The molecule has 1 aromatic carbocycles. The number of benzene rings is 1. The van der Waals surface area contributed by atoms with Crippen LogP contribution in [0.1, 0.15) is 5.56 Å². The second kappa shape index (κ2) is 4.09. The Kier molecular flexibility index (Phi) is 2.78. The van der Waals surface area contributed by atoms with Crippen LogP contribution < -0.4 is 10.6 Å². The van der Waals surface area contributed by atoms with Crippen LogP contribution in [0.25, 0.3) is 10.6 Å². The molecule has 0 aliphatic heterocycles. The van der Waals surface area contributed by atoms with Crippen LogP contribution in [-0.2, 0) is 0 Å². The minimum atomic E-state index is 0.743. The summed E-state index contributed by atoms with van der Waals surface area (Å²) in [5.74, 6) is 0. The zero-order chi connectivity index (χ0) is 11.7. The lowest BCUT2D eigenvalue weighted by Crippen LogP contribution is -2.07. The molecule has 0 amide bonds. The molecule has 2 rings (SSSR count). The van der Waals surface area contributed by atoms with Crippen molar-refractivity contribution < 1.29 is 0 Å². The van der Waals surface area contributed by atoms with Gasteiger partial charge in [0.05, 0.1) is 0 Å². The summed E-state index contributed by atoms with van der Waals surface area (Å²) in [4.78, 5) is 1.94. The van der Waals surface area contributed by atoms with Crippen molar-refractivity contribution in [2.24, 2.45) is 0 Å². The van der Waals surface area contributed by atoms with Crippen LogP contribution >= 0.6 is 11.3 Å². The highest BCUT2D eigenvalue weighted by Crippen LogP contribution is 2.31. The van der Waals surface area contributed by atoms with Gasteiger partial charge in [-0.15, -0.1) is 10.2 Å². The molecule has 5 heteroatoms. The highest BCUT2D eigenvalue weighted by molar-refractivity contribution is 7.18. The monoisotopic (exact) mass is 234 g/mol. The first-order chi connectivity index (χ1) is 7.58. The Hall–Kier alpha value is -1.62. The Morgan fingerprint density at radius 1 is 1.25 bits per heavy atom. The van der Waals surface area contributed by atoms with E-state index in [0.29, 0.717) is 0 Å². The van der Waals surface area contributed by atoms with Crippen LogP contribution in [0.3, 0.4) is 0 Å². The third-order valence-corrected chi connectivity index (χ3v) is 3.36. The topological polar surface area (TPSA) is 55.0 Å². The van der Waals surface area contributed by atoms with E-state index < -0.39 is 0 Å². The first-order valence-electron chi connectivity index (χ1n) is 4.95. The average molecular weight is 234 g/mol. The molecule has 0 atom stereocenters. The first-order valence-corrected chi connectivity index (χ1v) is 5.77. The predicted octanol–water partition coefficient (Wildman–Crippen LogP) is 2.16. The van der Waals surface area contributed by atoms with Crippen molar-refractivity contribution in [3.05, 3.63) is 23.8 Å². The van der Waals surface area contributed by atoms with E-state index in [-0.39, 0.29) is 0 Å². The molecule has 0 unspecified atom stereocenters. The van der Waals surface area contributed by atoms with Gasteiger partial charge in [-0.05, 0) is 19.1 Å². The van der Waals surface area contributed by atoms with E-state index in [9.17, 15) is 0 Å². The minimum Gasteiger partial charge on any atom is -0.398 e. The number of nitrogen functional groups attached to an aromatic ring is 1. The van der Waals surface area contributed by atoms with Gasteiger partial charge in [0.25, 0.3) is 0 Å². The fraction of sp³-hybridized carbons (Fsp3) is 0.273. The highest BCUT2D eigenvalue weighted by Gasteiger charge is 2.10. The van der Waals surface area contributed by atoms with Gasteiger partial charge in [0.1, 0.15) is 0 Å². The predicted molar refractivity (Wildman–Crippen MR) is 68.8 cm³/mol. The van der Waals surface area contributed by atoms with Crippen LogP contribution in [0.15, 0.2) is 18.2 Å². The summed E-state index contributed by atoms with van der Waals surface area (Å²) in [7, 11) is 3.90. The maximum atomic E-state index is 5.93. The summed E-state index contributed by atoms with van der Waals surface area (Å²) in [6.07, 6.45) is 0. The zero-order valence-corrected chi connectivity index (χ0v) is 10.4. The summed E-state index contributed by atoms with van der Waals surface area (Å²) >= 11 is 1.54. The number of aryl methyl sites for hydroxylation is 1. The van der Waals surface area contributed by atoms with Crippen LogP contribution in [0.4, 0.5) is 10.8 Å². The van der Waals surface area contributed by atoms with Gasteiger partial charge in [0, 0.05) is 25.3 Å². The number of anilines is 2. The second-order valence-corrected chi connectivity index (χ2v) is 4.83. The van der Waals surface area contributed by atoms with Gasteiger partial charge in [-0.2, -0.15) is 0 Å². The molecule has 0 spiro atoms. The molecule has 0 bridgehead atoms. The lowest BCUT2D eigenvalue weighted by Gasteiger charge is -2.04. The summed E-state index contributed by atoms with van der Waals surface area (Å²) in [5, 5.41) is 10.0. The molecule has 1 heterocycles. The molecule has 84 valence electrons. The number of rotatable bonds is 2. The molecular formula is C11H14N4S. The van der Waals surface area contributed by atoms with Crippen molar-refractivity contribution in [1.29, 1.82) is 0 Å². The van der Waals surface area contributed by atoms with E-state index in [1.807, 2.05) is 44.1 Å². The molecule has 0 saturated carbocycles. The maximum absolute atomic E-state index is 5.93. The maximum Gasteiger partial charge on any atom is 0.208 e. The van der Waals surface area contributed by atoms with Crippen LogP contribution in [-0.4, -0.2) is 24.3 Å². The molecule has 1 aromatic heterocycles. The van der Waals surface area contributed by atoms with E-state index >= 15 is 0 Å². The summed E-state index contributed by atoms with van der Waals surface area (Å²) in [5.41, 5.74) is 8.81. The fourth-order valence-corrected chi connectivity index (χ4v) is 2.17. The SMILES string of the molecule is Cc1ccc(N)c(-c2nnc(N(C)C)s2)c1. The standard InChI is InChI=1S/C11H14N4S/c1-7-4-5-9(12)8(6-7)10-13-14-11(16-10)15(2)3/h4-6H,12H2,1-3H3. The molecule has 0 saturated heterocycles. The van der Waals surface area contributed by atoms with Crippen molar-refractivity contribution in [2.45, 2.75) is 6.92 Å². The Balaban J connectivity index is 2.46. The average Bonchev–Trinajstić information content (AvgIpc) is 2.70. The number of nitrogens with zero attached hydrogens (tertiary/aromatic N) is 3. The lowest BCUT2D eigenvalue weighted by molar-refractivity contribution is 1.02. The van der Waals surface area contributed by atoms with E-state index in [0.717, 1.165) is 21.4 Å². The zero-order valence-electron chi connectivity index (χ0n) is 9.56. The molecule has 16 heavy (non-hydrogen) atoms. The van der Waals surface area contributed by atoms with E-state index in [1.165, 1.54) is 5.56 Å². The first kappa shape index (κ1) is 10.9. The van der Waals surface area contributed by atoms with Gasteiger partial charge in [0.2, 0.25) is 5.13 Å². The van der Waals surface area contributed by atoms with Gasteiger partial charge < -0.3 is 10.6 Å². The molecular weight excluding hydrogens is 220 g/mol. The molecule has 4 nitrogen and oxygen atoms in total. The summed E-state index contributed by atoms with van der Waals surface area (Å²) in [6.45, 7) is 2.04. The molecule has 2 aromatic rings. The third-order valence-electron chi connectivity index (χ3n) is 2.24. The molecule has 0 radical (unpaired) electrons. The lowest BCUT2D eigenvalue weighted by atomic mass is 10.1. The largest absolute Gasteiger partial charge is 0.398 e. The molecule has 0 aliphatic rings. The highest BCUT2D eigenvalue weighted by atomic mass is 32.1. The van der Waals surface area contributed by atoms with Crippen molar-refractivity contribution >= 4 is 22.2 Å². The van der Waals surface area contributed by atoms with Crippen molar-refractivity contribution in [3.8, 4) is 10.6 Å². The van der Waals surface area contributed by atoms with Crippen LogP contribution in [0, 0.1) is 6.92 Å². The second-order valence-electron chi connectivity index (χ2n) is 3.87. The smallest absolute Gasteiger partial charge is 0.208 e.